The molecule has 0 aliphatic heterocycles. The molecular weight excluding hydrogens is 274 g/mol. The number of hydrogen-bond acceptors (Lipinski definition) is 4. The number of anilines is 1. The molecule has 0 radical (unpaired) electrons. The van der Waals surface area contributed by atoms with Crippen molar-refractivity contribution in [2.75, 3.05) is 5.32 Å². The van der Waals surface area contributed by atoms with Crippen LogP contribution >= 0.6 is 0 Å². The molecule has 3 aromatic heterocycles. The van der Waals surface area contributed by atoms with Gasteiger partial charge in [-0.05, 0) is 30.7 Å². The van der Waals surface area contributed by atoms with E-state index < -0.39 is 0 Å². The number of rotatable bonds is 3. The predicted molar refractivity (Wildman–Crippen MR) is 86.8 cm³/mol. The molecule has 0 fully saturated rings. The van der Waals surface area contributed by atoms with Gasteiger partial charge in [-0.1, -0.05) is 18.2 Å². The molecular formula is C17H15N5. The largest absolute Gasteiger partial charge is 0.365 e. The topological polar surface area (TPSA) is 55.1 Å². The second-order valence-corrected chi connectivity index (χ2v) is 5.25. The van der Waals surface area contributed by atoms with Crippen LogP contribution in [0.15, 0.2) is 54.9 Å². The normalized spacial score (nSPS) is 11.1. The highest BCUT2D eigenvalue weighted by atomic mass is 15.3. The van der Waals surface area contributed by atoms with Crippen molar-refractivity contribution in [2.24, 2.45) is 0 Å². The lowest BCUT2D eigenvalue weighted by Gasteiger charge is -2.10. The minimum Gasteiger partial charge on any atom is -0.365 e. The molecule has 5 nitrogen and oxygen atoms in total. The average Bonchev–Trinajstić information content (AvgIpc) is 2.94. The minimum atomic E-state index is 0.689. The van der Waals surface area contributed by atoms with Crippen molar-refractivity contribution in [3.05, 3.63) is 66.1 Å². The first kappa shape index (κ1) is 12.8. The minimum absolute atomic E-state index is 0.689. The van der Waals surface area contributed by atoms with Gasteiger partial charge in [-0.15, -0.1) is 0 Å². The number of fused-ring (bicyclic) bond motifs is 3. The molecule has 4 rings (SSSR count). The maximum atomic E-state index is 4.71. The van der Waals surface area contributed by atoms with Gasteiger partial charge in [0.1, 0.15) is 5.82 Å². The van der Waals surface area contributed by atoms with E-state index in [2.05, 4.69) is 27.5 Å². The summed E-state index contributed by atoms with van der Waals surface area (Å²) in [6, 6.07) is 14.1. The Morgan fingerprint density at radius 3 is 2.91 bits per heavy atom. The molecule has 0 saturated carbocycles. The molecule has 0 atom stereocenters. The van der Waals surface area contributed by atoms with Gasteiger partial charge in [0, 0.05) is 30.4 Å². The number of aryl methyl sites for hydroxylation is 1. The van der Waals surface area contributed by atoms with Crippen molar-refractivity contribution < 1.29 is 0 Å². The molecule has 0 bridgehead atoms. The average molecular weight is 289 g/mol. The second-order valence-electron chi connectivity index (χ2n) is 5.25. The van der Waals surface area contributed by atoms with Crippen LogP contribution in [0.5, 0.6) is 0 Å². The maximum Gasteiger partial charge on any atom is 0.158 e. The highest BCUT2D eigenvalue weighted by Gasteiger charge is 2.09. The third kappa shape index (κ3) is 2.16. The van der Waals surface area contributed by atoms with Gasteiger partial charge in [-0.2, -0.15) is 5.10 Å². The first-order valence-electron chi connectivity index (χ1n) is 7.19. The molecule has 5 heteroatoms. The lowest BCUT2D eigenvalue weighted by atomic mass is 10.2. The van der Waals surface area contributed by atoms with Crippen LogP contribution in [0.1, 0.15) is 11.3 Å². The molecule has 0 aliphatic carbocycles. The van der Waals surface area contributed by atoms with Gasteiger partial charge in [0.05, 0.1) is 11.2 Å². The fourth-order valence-electron chi connectivity index (χ4n) is 2.60. The zero-order valence-electron chi connectivity index (χ0n) is 12.2. The second kappa shape index (κ2) is 5.11. The van der Waals surface area contributed by atoms with Crippen molar-refractivity contribution in [3.63, 3.8) is 0 Å². The van der Waals surface area contributed by atoms with Gasteiger partial charge in [-0.3, -0.25) is 4.98 Å². The van der Waals surface area contributed by atoms with Crippen molar-refractivity contribution in [3.8, 4) is 0 Å². The Hall–Kier alpha value is -2.95. The van der Waals surface area contributed by atoms with Gasteiger partial charge in [-0.25, -0.2) is 9.50 Å². The van der Waals surface area contributed by atoms with Gasteiger partial charge in [0.15, 0.2) is 5.65 Å². The summed E-state index contributed by atoms with van der Waals surface area (Å²) in [6.45, 7) is 2.67. The van der Waals surface area contributed by atoms with Crippen molar-refractivity contribution in [2.45, 2.75) is 13.5 Å². The van der Waals surface area contributed by atoms with Crippen LogP contribution in [0.4, 0.5) is 5.82 Å². The van der Waals surface area contributed by atoms with Crippen molar-refractivity contribution in [1.29, 1.82) is 0 Å². The van der Waals surface area contributed by atoms with Crippen molar-refractivity contribution >= 4 is 22.4 Å². The van der Waals surface area contributed by atoms with Crippen LogP contribution < -0.4 is 5.32 Å². The predicted octanol–water partition coefficient (Wildman–Crippen LogP) is 3.20. The number of para-hydroxylation sites is 1. The summed E-state index contributed by atoms with van der Waals surface area (Å²) in [7, 11) is 0. The van der Waals surface area contributed by atoms with Gasteiger partial charge >= 0.3 is 0 Å². The molecule has 22 heavy (non-hydrogen) atoms. The SMILES string of the molecule is Cc1cc2nc(NCc3cccnc3)c3ccccc3n2n1. The molecule has 108 valence electrons. The number of hydrogen-bond donors (Lipinski definition) is 1. The molecule has 1 N–H and O–H groups in total. The Kier molecular flexibility index (Phi) is 2.96. The van der Waals surface area contributed by atoms with E-state index >= 15 is 0 Å². The molecule has 0 saturated heterocycles. The van der Waals surface area contributed by atoms with E-state index in [4.69, 9.17) is 4.98 Å². The van der Waals surface area contributed by atoms with E-state index in [1.165, 1.54) is 0 Å². The zero-order valence-corrected chi connectivity index (χ0v) is 12.2. The number of aromatic nitrogens is 4. The van der Waals surface area contributed by atoms with Crippen LogP contribution in [0, 0.1) is 6.92 Å². The Morgan fingerprint density at radius 1 is 1.14 bits per heavy atom. The Labute approximate surface area is 127 Å². The Bertz CT molecular complexity index is 943. The molecule has 0 amide bonds. The van der Waals surface area contributed by atoms with Crippen molar-refractivity contribution in [1.82, 2.24) is 19.6 Å². The van der Waals surface area contributed by atoms with Crippen LogP contribution in [-0.4, -0.2) is 19.6 Å². The molecule has 0 aliphatic rings. The number of nitrogens with zero attached hydrogens (tertiary/aromatic N) is 4. The van der Waals surface area contributed by atoms with E-state index in [1.54, 1.807) is 6.20 Å². The number of pyridine rings is 1. The van der Waals surface area contributed by atoms with E-state index in [1.807, 2.05) is 48.0 Å². The Morgan fingerprint density at radius 2 is 2.05 bits per heavy atom. The summed E-state index contributed by atoms with van der Waals surface area (Å²) in [5, 5.41) is 8.99. The first-order valence-corrected chi connectivity index (χ1v) is 7.19. The van der Waals surface area contributed by atoms with Gasteiger partial charge in [0.2, 0.25) is 0 Å². The summed E-state index contributed by atoms with van der Waals surface area (Å²) < 4.78 is 1.89. The summed E-state index contributed by atoms with van der Waals surface area (Å²) in [5.41, 5.74) is 3.99. The summed E-state index contributed by atoms with van der Waals surface area (Å²) in [5.74, 6) is 0.867. The zero-order chi connectivity index (χ0) is 14.9. The lowest BCUT2D eigenvalue weighted by molar-refractivity contribution is 0.954. The van der Waals surface area contributed by atoms with E-state index in [9.17, 15) is 0 Å². The third-order valence-corrected chi connectivity index (χ3v) is 3.61. The van der Waals surface area contributed by atoms with Crippen LogP contribution in [0.25, 0.3) is 16.6 Å². The smallest absolute Gasteiger partial charge is 0.158 e. The number of nitrogens with one attached hydrogen (secondary N) is 1. The van der Waals surface area contributed by atoms with E-state index in [-0.39, 0.29) is 0 Å². The standard InChI is InChI=1S/C17H15N5/c1-12-9-16-20-17(19-11-13-5-4-8-18-10-13)14-6-2-3-7-15(14)22(16)21-12/h2-10H,11H2,1H3,(H,19,20). The molecule has 0 spiro atoms. The summed E-state index contributed by atoms with van der Waals surface area (Å²) in [6.07, 6.45) is 3.63. The summed E-state index contributed by atoms with van der Waals surface area (Å²) in [4.78, 5) is 8.85. The summed E-state index contributed by atoms with van der Waals surface area (Å²) >= 11 is 0. The first-order chi connectivity index (χ1) is 10.8. The molecule has 0 unspecified atom stereocenters. The lowest BCUT2D eigenvalue weighted by Crippen LogP contribution is -2.04. The fourth-order valence-corrected chi connectivity index (χ4v) is 2.60. The highest BCUT2D eigenvalue weighted by molar-refractivity contribution is 5.91. The molecule has 4 aromatic rings. The van der Waals surface area contributed by atoms with Crippen LogP contribution in [0.2, 0.25) is 0 Å². The maximum absolute atomic E-state index is 4.71. The van der Waals surface area contributed by atoms with Gasteiger partial charge < -0.3 is 5.32 Å². The Balaban J connectivity index is 1.81. The quantitative estimate of drug-likeness (QED) is 0.629. The number of benzene rings is 1. The van der Waals surface area contributed by atoms with E-state index in [0.29, 0.717) is 6.54 Å². The third-order valence-electron chi connectivity index (χ3n) is 3.61. The van der Waals surface area contributed by atoms with Crippen LogP contribution in [-0.2, 0) is 6.54 Å². The van der Waals surface area contributed by atoms with Gasteiger partial charge in [0.25, 0.3) is 0 Å². The van der Waals surface area contributed by atoms with Crippen LogP contribution in [0.3, 0.4) is 0 Å². The fraction of sp³-hybridized carbons (Fsp3) is 0.118. The highest BCUT2D eigenvalue weighted by Crippen LogP contribution is 2.23. The monoisotopic (exact) mass is 289 g/mol. The molecule has 1 aromatic carbocycles. The van der Waals surface area contributed by atoms with E-state index in [0.717, 1.165) is 33.6 Å². The molecule has 3 heterocycles.